The van der Waals surface area contributed by atoms with Crippen LogP contribution in [0.25, 0.3) is 5.69 Å². The summed E-state index contributed by atoms with van der Waals surface area (Å²) in [6.45, 7) is 1.66. The van der Waals surface area contributed by atoms with Crippen LogP contribution >= 0.6 is 0 Å². The molecule has 3 heterocycles. The smallest absolute Gasteiger partial charge is 0.481 e. The van der Waals surface area contributed by atoms with Crippen LogP contribution in [0, 0.1) is 5.92 Å². The second-order valence-electron chi connectivity index (χ2n) is 10.9. The number of aliphatic carboxylic acids is 1. The number of halogens is 5. The molecule has 0 amide bonds. The fourth-order valence-electron chi connectivity index (χ4n) is 5.94. The first-order chi connectivity index (χ1) is 20.4. The summed E-state index contributed by atoms with van der Waals surface area (Å²) in [4.78, 5) is 15.5. The number of alkyl halides is 5. The molecule has 14 heteroatoms. The van der Waals surface area contributed by atoms with Gasteiger partial charge in [-0.15, -0.1) is 8.78 Å². The van der Waals surface area contributed by atoms with Gasteiger partial charge in [0.25, 0.3) is 0 Å². The largest absolute Gasteiger partial charge is 0.586 e. The normalized spacial score (nSPS) is 23.4. The van der Waals surface area contributed by atoms with E-state index in [9.17, 15) is 31.9 Å². The SMILES string of the molecule is C[C@@H](Oc1cc(-n2nc(C(F)(F)F)c3c2C(O[C@H]2CC[C@H](C(=O)O)CC2)CCC3)ccn1)c1ccc2c(c1)OC(F)(F)O2. The van der Waals surface area contributed by atoms with Crippen LogP contribution in [0.3, 0.4) is 0 Å². The molecule has 2 aliphatic carbocycles. The molecule has 9 nitrogen and oxygen atoms in total. The van der Waals surface area contributed by atoms with E-state index in [1.54, 1.807) is 6.92 Å². The highest BCUT2D eigenvalue weighted by molar-refractivity contribution is 5.70. The van der Waals surface area contributed by atoms with Crippen molar-refractivity contribution in [3.63, 3.8) is 0 Å². The fraction of sp³-hybridized carbons (Fsp3) is 0.483. The number of pyridine rings is 1. The lowest BCUT2D eigenvalue weighted by atomic mass is 9.87. The van der Waals surface area contributed by atoms with Gasteiger partial charge >= 0.3 is 18.4 Å². The zero-order valence-electron chi connectivity index (χ0n) is 22.9. The van der Waals surface area contributed by atoms with E-state index >= 15 is 0 Å². The molecular formula is C29H28F5N3O6. The molecule has 3 aliphatic rings. The van der Waals surface area contributed by atoms with Crippen molar-refractivity contribution < 1.29 is 50.8 Å². The number of hydrogen-bond donors (Lipinski definition) is 1. The van der Waals surface area contributed by atoms with Crippen molar-refractivity contribution in [2.45, 2.75) is 82.7 Å². The molecule has 0 bridgehead atoms. The minimum absolute atomic E-state index is 0.0751. The molecule has 230 valence electrons. The predicted octanol–water partition coefficient (Wildman–Crippen LogP) is 6.79. The van der Waals surface area contributed by atoms with E-state index in [-0.39, 0.29) is 41.2 Å². The van der Waals surface area contributed by atoms with Crippen molar-refractivity contribution in [1.82, 2.24) is 14.8 Å². The van der Waals surface area contributed by atoms with Gasteiger partial charge in [0.15, 0.2) is 17.2 Å². The second-order valence-corrected chi connectivity index (χ2v) is 10.9. The number of benzene rings is 1. The predicted molar refractivity (Wildman–Crippen MR) is 138 cm³/mol. The van der Waals surface area contributed by atoms with Crippen LogP contribution in [0.15, 0.2) is 36.5 Å². The summed E-state index contributed by atoms with van der Waals surface area (Å²) in [5.74, 6) is -1.48. The third-order valence-corrected chi connectivity index (χ3v) is 8.03. The van der Waals surface area contributed by atoms with Gasteiger partial charge in [-0.1, -0.05) is 6.07 Å². The Morgan fingerprint density at radius 1 is 1.09 bits per heavy atom. The van der Waals surface area contributed by atoms with Crippen LogP contribution in [-0.2, 0) is 22.1 Å². The van der Waals surface area contributed by atoms with E-state index in [1.807, 2.05) is 0 Å². The number of aromatic nitrogens is 3. The average molecular weight is 610 g/mol. The van der Waals surface area contributed by atoms with Gasteiger partial charge in [-0.2, -0.15) is 18.3 Å². The lowest BCUT2D eigenvalue weighted by Crippen LogP contribution is -2.29. The third kappa shape index (κ3) is 5.97. The Labute approximate surface area is 242 Å². The van der Waals surface area contributed by atoms with E-state index < -0.39 is 42.3 Å². The summed E-state index contributed by atoms with van der Waals surface area (Å²) in [6.07, 6.45) is -5.64. The zero-order chi connectivity index (χ0) is 30.5. The molecule has 1 N–H and O–H groups in total. The summed E-state index contributed by atoms with van der Waals surface area (Å²) in [5, 5.41) is 13.3. The first kappa shape index (κ1) is 29.1. The molecule has 1 aromatic carbocycles. The van der Waals surface area contributed by atoms with Gasteiger partial charge < -0.3 is 24.1 Å². The van der Waals surface area contributed by atoms with Crippen LogP contribution in [0.5, 0.6) is 17.4 Å². The minimum Gasteiger partial charge on any atom is -0.481 e. The van der Waals surface area contributed by atoms with Crippen LogP contribution in [0.2, 0.25) is 0 Å². The Kier molecular flexibility index (Phi) is 7.43. The summed E-state index contributed by atoms with van der Waals surface area (Å²) >= 11 is 0. The highest BCUT2D eigenvalue weighted by Gasteiger charge is 2.44. The number of rotatable bonds is 7. The first-order valence-electron chi connectivity index (χ1n) is 14.0. The van der Waals surface area contributed by atoms with Gasteiger partial charge in [-0.25, -0.2) is 9.67 Å². The first-order valence-corrected chi connectivity index (χ1v) is 14.0. The summed E-state index contributed by atoms with van der Waals surface area (Å²) in [6, 6.07) is 7.18. The molecule has 1 unspecified atom stereocenters. The number of nitrogens with zero attached hydrogens (tertiary/aromatic N) is 3. The van der Waals surface area contributed by atoms with E-state index in [4.69, 9.17) is 9.47 Å². The second kappa shape index (κ2) is 11.0. The molecule has 3 aromatic rings. The maximum Gasteiger partial charge on any atom is 0.586 e. The van der Waals surface area contributed by atoms with Gasteiger partial charge in [-0.05, 0) is 75.6 Å². The van der Waals surface area contributed by atoms with Crippen molar-refractivity contribution in [3.8, 4) is 23.1 Å². The number of ether oxygens (including phenoxy) is 4. The lowest BCUT2D eigenvalue weighted by molar-refractivity contribution is -0.286. The van der Waals surface area contributed by atoms with E-state index in [0.717, 1.165) is 0 Å². The molecule has 2 atom stereocenters. The third-order valence-electron chi connectivity index (χ3n) is 8.03. The molecule has 6 rings (SSSR count). The molecular weight excluding hydrogens is 581 g/mol. The molecule has 0 spiro atoms. The van der Waals surface area contributed by atoms with Gasteiger partial charge in [0, 0.05) is 17.8 Å². The molecule has 0 radical (unpaired) electrons. The molecule has 1 fully saturated rings. The molecule has 1 saturated carbocycles. The Hall–Kier alpha value is -3.94. The van der Waals surface area contributed by atoms with Crippen LogP contribution in [0.1, 0.15) is 80.2 Å². The maximum absolute atomic E-state index is 14.1. The number of carboxylic acids is 1. The standard InChI is InChI=1S/C29H28F5N3O6/c1-15(17-7-10-21-23(13-17)43-29(33,34)42-21)40-24-14-18(11-12-35-24)37-25-20(26(36-37)28(30,31)32)3-2-4-22(25)41-19-8-5-16(6-9-19)27(38)39/h7,10-16,19,22H,2-6,8-9H2,1H3,(H,38,39)/t15-,16-,19-,22?/m1/s1. The van der Waals surface area contributed by atoms with Gasteiger partial charge in [0.05, 0.1) is 23.4 Å². The topological polar surface area (TPSA) is 105 Å². The summed E-state index contributed by atoms with van der Waals surface area (Å²) < 4.78 is 91.6. The molecule has 0 saturated heterocycles. The van der Waals surface area contributed by atoms with Crippen molar-refractivity contribution in [3.05, 3.63) is 59.0 Å². The van der Waals surface area contributed by atoms with E-state index in [2.05, 4.69) is 19.6 Å². The van der Waals surface area contributed by atoms with Crippen molar-refractivity contribution in [1.29, 1.82) is 0 Å². The quantitative estimate of drug-likeness (QED) is 0.292. The van der Waals surface area contributed by atoms with E-state index in [1.165, 1.54) is 41.2 Å². The van der Waals surface area contributed by atoms with Gasteiger partial charge in [0.2, 0.25) is 5.88 Å². The Morgan fingerprint density at radius 2 is 1.84 bits per heavy atom. The van der Waals surface area contributed by atoms with Crippen molar-refractivity contribution in [2.24, 2.45) is 5.92 Å². The Balaban J connectivity index is 1.27. The molecule has 2 aromatic heterocycles. The summed E-state index contributed by atoms with van der Waals surface area (Å²) in [5.41, 5.74) is 0.164. The number of carbonyl (C=O) groups is 1. The zero-order valence-corrected chi connectivity index (χ0v) is 22.9. The average Bonchev–Trinajstić information content (AvgIpc) is 3.50. The highest BCUT2D eigenvalue weighted by Crippen LogP contribution is 2.44. The number of carboxylic acid groups (broad SMARTS) is 1. The van der Waals surface area contributed by atoms with Crippen LogP contribution in [-0.4, -0.2) is 38.2 Å². The Bertz CT molecular complexity index is 1520. The highest BCUT2D eigenvalue weighted by atomic mass is 19.4. The van der Waals surface area contributed by atoms with Crippen LogP contribution < -0.4 is 14.2 Å². The fourth-order valence-corrected chi connectivity index (χ4v) is 5.94. The number of fused-ring (bicyclic) bond motifs is 2. The van der Waals surface area contributed by atoms with Crippen molar-refractivity contribution in [2.75, 3.05) is 0 Å². The van der Waals surface area contributed by atoms with Gasteiger partial charge in [-0.3, -0.25) is 4.79 Å². The number of hydrogen-bond acceptors (Lipinski definition) is 7. The monoisotopic (exact) mass is 609 g/mol. The molecule has 43 heavy (non-hydrogen) atoms. The summed E-state index contributed by atoms with van der Waals surface area (Å²) in [7, 11) is 0. The Morgan fingerprint density at radius 3 is 2.56 bits per heavy atom. The lowest BCUT2D eigenvalue weighted by Gasteiger charge is -2.32. The molecule has 1 aliphatic heterocycles. The minimum atomic E-state index is -4.69. The van der Waals surface area contributed by atoms with Crippen LogP contribution in [0.4, 0.5) is 22.0 Å². The van der Waals surface area contributed by atoms with E-state index in [0.29, 0.717) is 49.8 Å². The maximum atomic E-state index is 14.1. The van der Waals surface area contributed by atoms with Gasteiger partial charge in [0.1, 0.15) is 12.2 Å². The van der Waals surface area contributed by atoms with Crippen molar-refractivity contribution >= 4 is 5.97 Å².